The average molecular weight is 431 g/mol. The smallest absolute Gasteiger partial charge is 0.233 e. The van der Waals surface area contributed by atoms with Crippen LogP contribution in [-0.4, -0.2) is 65.4 Å². The lowest BCUT2D eigenvalue weighted by molar-refractivity contribution is 0.0985. The summed E-state index contributed by atoms with van der Waals surface area (Å²) in [5.41, 5.74) is 3.39. The van der Waals surface area contributed by atoms with Crippen LogP contribution in [0.3, 0.4) is 0 Å². The summed E-state index contributed by atoms with van der Waals surface area (Å²) in [4.78, 5) is 18.3. The molecular weight excluding hydrogens is 412 g/mol. The molecule has 2 N–H and O–H groups in total. The van der Waals surface area contributed by atoms with Gasteiger partial charge in [-0.05, 0) is 13.0 Å². The number of aromatic amines is 1. The predicted octanol–water partition coefficient (Wildman–Crippen LogP) is 1.94. The van der Waals surface area contributed by atoms with Gasteiger partial charge in [-0.25, -0.2) is 15.0 Å². The Kier molecular flexibility index (Phi) is 5.38. The number of aliphatic hydroxyl groups excluding tert-OH is 1. The van der Waals surface area contributed by atoms with E-state index < -0.39 is 0 Å². The molecule has 0 spiro atoms. The Morgan fingerprint density at radius 2 is 2.20 bits per heavy atom. The molecule has 0 amide bonds. The Labute approximate surface area is 175 Å². The topological polar surface area (TPSA) is 128 Å². The molecule has 0 aliphatic rings. The predicted molar refractivity (Wildman–Crippen MR) is 110 cm³/mol. The number of aromatic nitrogens is 7. The summed E-state index contributed by atoms with van der Waals surface area (Å²) in [5, 5.41) is 20.3. The molecule has 11 nitrogen and oxygen atoms in total. The summed E-state index contributed by atoms with van der Waals surface area (Å²) in [6.45, 7) is 1.69. The van der Waals surface area contributed by atoms with Crippen LogP contribution in [0.4, 0.5) is 0 Å². The number of halogens is 1. The molecule has 0 atom stereocenters. The lowest BCUT2D eigenvalue weighted by Gasteiger charge is -2.05. The first-order chi connectivity index (χ1) is 14.5. The zero-order valence-electron chi connectivity index (χ0n) is 16.5. The summed E-state index contributed by atoms with van der Waals surface area (Å²) >= 11 is 6.31. The number of nitrogens with one attached hydrogen (secondary N) is 1. The zero-order valence-corrected chi connectivity index (χ0v) is 17.3. The summed E-state index contributed by atoms with van der Waals surface area (Å²) in [7, 11) is 3.40. The fourth-order valence-corrected chi connectivity index (χ4v) is 3.31. The van der Waals surface area contributed by atoms with Gasteiger partial charge in [-0.1, -0.05) is 16.8 Å². The van der Waals surface area contributed by atoms with Gasteiger partial charge in [-0.3, -0.25) is 5.10 Å². The number of oxime groups is 1. The monoisotopic (exact) mass is 430 g/mol. The number of imidazole rings is 1. The molecule has 0 aliphatic carbocycles. The van der Waals surface area contributed by atoms with Gasteiger partial charge in [0.2, 0.25) is 5.88 Å². The molecule has 30 heavy (non-hydrogen) atoms. The fraction of sp³-hybridized carbons (Fsp3) is 0.278. The number of methoxy groups -OCH3 is 1. The second-order valence-corrected chi connectivity index (χ2v) is 6.72. The number of hydrogen-bond acceptors (Lipinski definition) is 8. The molecule has 12 heteroatoms. The molecule has 0 fully saturated rings. The van der Waals surface area contributed by atoms with Crippen molar-refractivity contribution in [1.82, 2.24) is 34.3 Å². The Hall–Kier alpha value is -3.44. The number of aliphatic hydroxyl groups is 1. The van der Waals surface area contributed by atoms with Gasteiger partial charge >= 0.3 is 0 Å². The molecule has 0 aliphatic heterocycles. The van der Waals surface area contributed by atoms with E-state index in [0.717, 1.165) is 16.9 Å². The van der Waals surface area contributed by atoms with E-state index in [0.29, 0.717) is 33.8 Å². The molecule has 0 bridgehead atoms. The van der Waals surface area contributed by atoms with Gasteiger partial charge in [0.25, 0.3) is 0 Å². The molecular formula is C18H19ClN8O3. The van der Waals surface area contributed by atoms with E-state index in [9.17, 15) is 0 Å². The molecule has 156 valence electrons. The van der Waals surface area contributed by atoms with Crippen LogP contribution in [0.1, 0.15) is 12.7 Å². The first kappa shape index (κ1) is 19.9. The van der Waals surface area contributed by atoms with Crippen LogP contribution in [0, 0.1) is 0 Å². The Morgan fingerprint density at radius 3 is 2.90 bits per heavy atom. The average Bonchev–Trinajstić information content (AvgIpc) is 3.47. The van der Waals surface area contributed by atoms with E-state index in [1.165, 1.54) is 7.11 Å². The largest absolute Gasteiger partial charge is 0.480 e. The second kappa shape index (κ2) is 8.13. The lowest BCUT2D eigenvalue weighted by atomic mass is 10.3. The van der Waals surface area contributed by atoms with E-state index in [-0.39, 0.29) is 13.2 Å². The van der Waals surface area contributed by atoms with E-state index in [1.807, 2.05) is 22.4 Å². The normalized spacial score (nSPS) is 12.0. The minimum Gasteiger partial charge on any atom is -0.480 e. The minimum atomic E-state index is -0.126. The number of aryl methyl sites for hydroxylation is 1. The van der Waals surface area contributed by atoms with Crippen LogP contribution in [-0.2, 0) is 11.9 Å². The van der Waals surface area contributed by atoms with Gasteiger partial charge in [0.1, 0.15) is 34.2 Å². The molecule has 0 aromatic carbocycles. The van der Waals surface area contributed by atoms with Crippen molar-refractivity contribution in [2.24, 2.45) is 12.2 Å². The number of pyridine rings is 1. The Bertz CT molecular complexity index is 1210. The highest BCUT2D eigenvalue weighted by atomic mass is 35.5. The molecule has 4 rings (SSSR count). The van der Waals surface area contributed by atoms with Crippen molar-refractivity contribution in [1.29, 1.82) is 0 Å². The van der Waals surface area contributed by atoms with Crippen LogP contribution in [0.15, 0.2) is 29.9 Å². The highest BCUT2D eigenvalue weighted by Gasteiger charge is 2.24. The Morgan fingerprint density at radius 1 is 1.37 bits per heavy atom. The zero-order chi connectivity index (χ0) is 21.3. The first-order valence-corrected chi connectivity index (χ1v) is 9.34. The van der Waals surface area contributed by atoms with Crippen molar-refractivity contribution in [3.63, 3.8) is 0 Å². The summed E-state index contributed by atoms with van der Waals surface area (Å²) < 4.78 is 9.06. The highest BCUT2D eigenvalue weighted by Crippen LogP contribution is 2.37. The van der Waals surface area contributed by atoms with Crippen molar-refractivity contribution in [2.45, 2.75) is 6.92 Å². The highest BCUT2D eigenvalue weighted by molar-refractivity contribution is 6.32. The van der Waals surface area contributed by atoms with Crippen molar-refractivity contribution < 1.29 is 14.7 Å². The maximum Gasteiger partial charge on any atom is 0.233 e. The van der Waals surface area contributed by atoms with Crippen LogP contribution < -0.4 is 4.74 Å². The van der Waals surface area contributed by atoms with Crippen LogP contribution in [0.25, 0.3) is 28.2 Å². The van der Waals surface area contributed by atoms with Gasteiger partial charge in [-0.2, -0.15) is 5.10 Å². The molecule has 0 radical (unpaired) electrons. The van der Waals surface area contributed by atoms with Gasteiger partial charge in [0.05, 0.1) is 25.6 Å². The first-order valence-electron chi connectivity index (χ1n) is 8.97. The molecule has 0 unspecified atom stereocenters. The van der Waals surface area contributed by atoms with Crippen molar-refractivity contribution in [3.05, 3.63) is 35.6 Å². The summed E-state index contributed by atoms with van der Waals surface area (Å²) in [5.74, 6) is 1.19. The van der Waals surface area contributed by atoms with Crippen molar-refractivity contribution in [2.75, 3.05) is 20.3 Å². The number of hydrogen-bond donors (Lipinski definition) is 2. The third-order valence-corrected chi connectivity index (χ3v) is 4.71. The van der Waals surface area contributed by atoms with Crippen molar-refractivity contribution in [3.8, 4) is 23.1 Å². The van der Waals surface area contributed by atoms with Crippen molar-refractivity contribution >= 4 is 28.3 Å². The third kappa shape index (κ3) is 3.37. The van der Waals surface area contributed by atoms with E-state index in [1.54, 1.807) is 25.5 Å². The molecule has 4 heterocycles. The summed E-state index contributed by atoms with van der Waals surface area (Å²) in [6.07, 6.45) is 5.17. The lowest BCUT2D eigenvalue weighted by Crippen LogP contribution is -2.02. The third-order valence-electron chi connectivity index (χ3n) is 4.44. The molecule has 4 aromatic heterocycles. The van der Waals surface area contributed by atoms with E-state index >= 15 is 0 Å². The second-order valence-electron chi connectivity index (χ2n) is 6.31. The maximum absolute atomic E-state index is 8.81. The minimum absolute atomic E-state index is 0.0941. The maximum atomic E-state index is 8.81. The SMILES string of the molecule is COc1nc2c(-n3ccnc3)c(-c3nc(/C(C)=N/OCCO)n[nH]3)n(C)c2cc1Cl. The van der Waals surface area contributed by atoms with Gasteiger partial charge in [-0.15, -0.1) is 0 Å². The van der Waals surface area contributed by atoms with Gasteiger partial charge < -0.3 is 23.8 Å². The number of rotatable bonds is 7. The van der Waals surface area contributed by atoms with Crippen LogP contribution in [0.5, 0.6) is 5.88 Å². The van der Waals surface area contributed by atoms with Crippen LogP contribution >= 0.6 is 11.6 Å². The number of fused-ring (bicyclic) bond motifs is 1. The van der Waals surface area contributed by atoms with Gasteiger partial charge in [0, 0.05) is 19.4 Å². The summed E-state index contributed by atoms with van der Waals surface area (Å²) in [6, 6.07) is 1.79. The Balaban J connectivity index is 1.90. The van der Waals surface area contributed by atoms with Gasteiger partial charge in [0.15, 0.2) is 11.6 Å². The van der Waals surface area contributed by atoms with E-state index in [2.05, 4.69) is 30.3 Å². The number of ether oxygens (including phenoxy) is 1. The number of nitrogens with zero attached hydrogens (tertiary/aromatic N) is 7. The molecule has 4 aromatic rings. The van der Waals surface area contributed by atoms with E-state index in [4.69, 9.17) is 26.3 Å². The number of H-pyrrole nitrogens is 1. The fourth-order valence-electron chi connectivity index (χ4n) is 3.09. The molecule has 0 saturated carbocycles. The quantitative estimate of drug-likeness (QED) is 0.260. The molecule has 0 saturated heterocycles. The standard InChI is InChI=1S/C18H19ClN8O3/c1-10(25-30-7-6-28)16-22-17(24-23-16)15-14(27-5-4-20-9-27)13-12(26(15)2)8-11(19)18(21-13)29-3/h4-5,8-9,28H,6-7H2,1-3H3,(H,22,23,24)/b25-10+. The van der Waals surface area contributed by atoms with Crippen LogP contribution in [0.2, 0.25) is 5.02 Å².